The minimum Gasteiger partial charge on any atom is -0.450 e. The summed E-state index contributed by atoms with van der Waals surface area (Å²) in [6.45, 7) is 4.88. The van der Waals surface area contributed by atoms with Crippen LogP contribution < -0.4 is 10.6 Å². The Hall–Kier alpha value is -2.46. The molecule has 0 spiro atoms. The summed E-state index contributed by atoms with van der Waals surface area (Å²) in [6.07, 6.45) is 4.48. The summed E-state index contributed by atoms with van der Waals surface area (Å²) in [5.74, 6) is -0.837. The van der Waals surface area contributed by atoms with Gasteiger partial charge in [0.25, 0.3) is 11.8 Å². The fraction of sp³-hybridized carbons (Fsp3) is 0.684. The lowest BCUT2D eigenvalue weighted by Gasteiger charge is -2.13. The molecule has 0 bridgehead atoms. The van der Waals surface area contributed by atoms with Crippen molar-refractivity contribution in [3.05, 3.63) is 12.2 Å². The lowest BCUT2D eigenvalue weighted by Crippen LogP contribution is -2.32. The smallest absolute Gasteiger partial charge is 0.407 e. The first-order valence-corrected chi connectivity index (χ1v) is 9.91. The van der Waals surface area contributed by atoms with Crippen molar-refractivity contribution in [2.45, 2.75) is 32.6 Å². The van der Waals surface area contributed by atoms with Crippen molar-refractivity contribution in [1.29, 1.82) is 0 Å². The number of unbranched alkanes of at least 4 members (excludes halogenated alkanes) is 1. The van der Waals surface area contributed by atoms with E-state index < -0.39 is 6.09 Å². The third-order valence-corrected chi connectivity index (χ3v) is 3.87. The van der Waals surface area contributed by atoms with Crippen LogP contribution in [0, 0.1) is 0 Å². The first-order valence-electron chi connectivity index (χ1n) is 9.91. The number of carbonyl (C=O) groups excluding carboxylic acids is 4. The summed E-state index contributed by atoms with van der Waals surface area (Å²) in [4.78, 5) is 46.8. The molecule has 0 aromatic heterocycles. The van der Waals surface area contributed by atoms with Gasteiger partial charge < -0.3 is 24.8 Å². The highest BCUT2D eigenvalue weighted by Crippen LogP contribution is 2.05. The van der Waals surface area contributed by atoms with Crippen LogP contribution in [0.1, 0.15) is 32.6 Å². The Labute approximate surface area is 170 Å². The van der Waals surface area contributed by atoms with Gasteiger partial charge in [-0.05, 0) is 12.8 Å². The van der Waals surface area contributed by atoms with Crippen LogP contribution in [0.15, 0.2) is 12.2 Å². The lowest BCUT2D eigenvalue weighted by atomic mass is 10.3. The molecule has 1 rings (SSSR count). The SMILES string of the molecule is CCCCOC(=O)NCCOCCOCCNC(=O)CCCN1C(=O)C=CC1=O. The van der Waals surface area contributed by atoms with Crippen LogP contribution in [-0.2, 0) is 28.6 Å². The topological polar surface area (TPSA) is 123 Å². The Bertz CT molecular complexity index is 548. The molecule has 1 heterocycles. The van der Waals surface area contributed by atoms with Crippen LogP contribution in [0.4, 0.5) is 4.79 Å². The number of hydrogen-bond acceptors (Lipinski definition) is 7. The van der Waals surface area contributed by atoms with Crippen LogP contribution >= 0.6 is 0 Å². The lowest BCUT2D eigenvalue weighted by molar-refractivity contribution is -0.137. The first-order chi connectivity index (χ1) is 14.0. The summed E-state index contributed by atoms with van der Waals surface area (Å²) < 4.78 is 15.6. The van der Waals surface area contributed by atoms with Crippen molar-refractivity contribution in [3.8, 4) is 0 Å². The zero-order valence-corrected chi connectivity index (χ0v) is 16.9. The zero-order valence-electron chi connectivity index (χ0n) is 16.9. The molecule has 164 valence electrons. The molecule has 0 saturated heterocycles. The maximum absolute atomic E-state index is 11.7. The Morgan fingerprint density at radius 2 is 1.52 bits per heavy atom. The van der Waals surface area contributed by atoms with Crippen molar-refractivity contribution < 1.29 is 33.4 Å². The molecule has 10 heteroatoms. The molecule has 10 nitrogen and oxygen atoms in total. The van der Waals surface area contributed by atoms with Crippen LogP contribution in [0.25, 0.3) is 0 Å². The van der Waals surface area contributed by atoms with Gasteiger partial charge in [0.1, 0.15) is 0 Å². The van der Waals surface area contributed by atoms with Gasteiger partial charge in [-0.25, -0.2) is 4.79 Å². The summed E-state index contributed by atoms with van der Waals surface area (Å²) >= 11 is 0. The number of alkyl carbamates (subject to hydrolysis) is 1. The molecule has 0 saturated carbocycles. The molecule has 0 atom stereocenters. The Kier molecular flexibility index (Phi) is 13.1. The molecule has 2 N–H and O–H groups in total. The van der Waals surface area contributed by atoms with Gasteiger partial charge in [0, 0.05) is 38.2 Å². The number of imide groups is 1. The van der Waals surface area contributed by atoms with Crippen molar-refractivity contribution >= 4 is 23.8 Å². The van der Waals surface area contributed by atoms with Crippen molar-refractivity contribution in [2.75, 3.05) is 52.7 Å². The second kappa shape index (κ2) is 15.5. The highest BCUT2D eigenvalue weighted by Gasteiger charge is 2.22. The molecule has 4 amide bonds. The monoisotopic (exact) mass is 413 g/mol. The molecule has 0 unspecified atom stereocenters. The maximum atomic E-state index is 11.7. The van der Waals surface area contributed by atoms with Crippen LogP contribution in [0.5, 0.6) is 0 Å². The zero-order chi connectivity index (χ0) is 21.3. The van der Waals surface area contributed by atoms with Gasteiger partial charge in [-0.2, -0.15) is 0 Å². The quantitative estimate of drug-likeness (QED) is 0.277. The van der Waals surface area contributed by atoms with Gasteiger partial charge in [0.15, 0.2) is 0 Å². The van der Waals surface area contributed by atoms with Crippen molar-refractivity contribution in [3.63, 3.8) is 0 Å². The van der Waals surface area contributed by atoms with E-state index in [4.69, 9.17) is 14.2 Å². The number of ether oxygens (including phenoxy) is 3. The average molecular weight is 413 g/mol. The third-order valence-electron chi connectivity index (χ3n) is 3.87. The van der Waals surface area contributed by atoms with Crippen LogP contribution in [0.2, 0.25) is 0 Å². The normalized spacial score (nSPS) is 13.1. The number of rotatable bonds is 16. The number of nitrogens with zero attached hydrogens (tertiary/aromatic N) is 1. The summed E-state index contributed by atoms with van der Waals surface area (Å²) in [6, 6.07) is 0. The predicted molar refractivity (Wildman–Crippen MR) is 104 cm³/mol. The summed E-state index contributed by atoms with van der Waals surface area (Å²) in [5, 5.41) is 5.29. The predicted octanol–water partition coefficient (Wildman–Crippen LogP) is 0.367. The summed E-state index contributed by atoms with van der Waals surface area (Å²) in [7, 11) is 0. The fourth-order valence-electron chi connectivity index (χ4n) is 2.31. The van der Waals surface area contributed by atoms with E-state index >= 15 is 0 Å². The van der Waals surface area contributed by atoms with Crippen molar-refractivity contribution in [2.24, 2.45) is 0 Å². The highest BCUT2D eigenvalue weighted by molar-refractivity contribution is 6.12. The molecule has 0 radical (unpaired) electrons. The van der Waals surface area contributed by atoms with E-state index in [1.165, 1.54) is 12.2 Å². The van der Waals surface area contributed by atoms with Gasteiger partial charge in [-0.3, -0.25) is 19.3 Å². The molecule has 0 fully saturated rings. The Morgan fingerprint density at radius 3 is 2.14 bits per heavy atom. The van der Waals surface area contributed by atoms with Gasteiger partial charge >= 0.3 is 6.09 Å². The minimum absolute atomic E-state index is 0.159. The van der Waals surface area contributed by atoms with E-state index in [0.29, 0.717) is 52.5 Å². The van der Waals surface area contributed by atoms with Gasteiger partial charge in [-0.15, -0.1) is 0 Å². The van der Waals surface area contributed by atoms with E-state index in [1.54, 1.807) is 0 Å². The number of hydrogen-bond donors (Lipinski definition) is 2. The molecular weight excluding hydrogens is 382 g/mol. The van der Waals surface area contributed by atoms with Crippen LogP contribution in [0.3, 0.4) is 0 Å². The molecule has 29 heavy (non-hydrogen) atoms. The van der Waals surface area contributed by atoms with Crippen LogP contribution in [-0.4, -0.2) is 81.4 Å². The molecule has 1 aliphatic heterocycles. The van der Waals surface area contributed by atoms with E-state index in [0.717, 1.165) is 17.7 Å². The van der Waals surface area contributed by atoms with E-state index in [1.807, 2.05) is 6.92 Å². The van der Waals surface area contributed by atoms with Gasteiger partial charge in [-0.1, -0.05) is 13.3 Å². The first kappa shape index (κ1) is 24.6. The number of nitrogens with one attached hydrogen (secondary N) is 2. The van der Waals surface area contributed by atoms with E-state index in [9.17, 15) is 19.2 Å². The second-order valence-electron chi connectivity index (χ2n) is 6.26. The Morgan fingerprint density at radius 1 is 0.897 bits per heavy atom. The molecular formula is C19H31N3O7. The van der Waals surface area contributed by atoms with Crippen molar-refractivity contribution in [1.82, 2.24) is 15.5 Å². The van der Waals surface area contributed by atoms with Gasteiger partial charge in [0.05, 0.1) is 33.0 Å². The largest absolute Gasteiger partial charge is 0.450 e. The average Bonchev–Trinajstić information content (AvgIpc) is 3.01. The molecule has 0 aliphatic carbocycles. The number of carbonyl (C=O) groups is 4. The van der Waals surface area contributed by atoms with E-state index in [2.05, 4.69) is 10.6 Å². The Balaban J connectivity index is 1.84. The van der Waals surface area contributed by atoms with Gasteiger partial charge in [0.2, 0.25) is 5.91 Å². The second-order valence-corrected chi connectivity index (χ2v) is 6.26. The fourth-order valence-corrected chi connectivity index (χ4v) is 2.31. The molecule has 1 aliphatic rings. The third kappa shape index (κ3) is 11.9. The molecule has 0 aromatic carbocycles. The number of amides is 4. The maximum Gasteiger partial charge on any atom is 0.407 e. The van der Waals surface area contributed by atoms with E-state index in [-0.39, 0.29) is 30.7 Å². The highest BCUT2D eigenvalue weighted by atomic mass is 16.5. The standard InChI is InChI=1S/C19H31N3O7/c1-2-3-11-29-19(26)21-9-13-28-15-14-27-12-8-20-16(23)5-4-10-22-17(24)6-7-18(22)25/h6-7H,2-5,8-15H2,1H3,(H,20,23)(H,21,26). The molecule has 0 aromatic rings. The minimum atomic E-state index is -0.440. The summed E-state index contributed by atoms with van der Waals surface area (Å²) in [5.41, 5.74) is 0.